The predicted molar refractivity (Wildman–Crippen MR) is 132 cm³/mol. The molecule has 2 amide bonds. The number of methoxy groups -OCH3 is 1. The van der Waals surface area contributed by atoms with E-state index in [4.69, 9.17) is 8.92 Å². The van der Waals surface area contributed by atoms with Crippen LogP contribution in [0.25, 0.3) is 0 Å². The molecular weight excluding hydrogens is 440 g/mol. The first-order valence-corrected chi connectivity index (χ1v) is 12.8. The standard InChI is InChI=1S/C25H36N2O5S/c1-7-33(29,30)32-21-13-11-20(12-14-21)17-27(15-16-31-6)25(28)26-24-22(18(2)3)9-8-10-23(24)19(4)5/h8-14,18-19H,7,15-17H2,1-6H3,(H,26,28). The molecular formula is C25H36N2O5S. The van der Waals surface area contributed by atoms with Crippen molar-refractivity contribution in [2.75, 3.05) is 31.3 Å². The summed E-state index contributed by atoms with van der Waals surface area (Å²) in [5.74, 6) is 0.674. The molecule has 0 aliphatic carbocycles. The lowest BCUT2D eigenvalue weighted by molar-refractivity contribution is 0.153. The van der Waals surface area contributed by atoms with Gasteiger partial charge in [0.25, 0.3) is 0 Å². The molecule has 8 heteroatoms. The van der Waals surface area contributed by atoms with Gasteiger partial charge in [-0.15, -0.1) is 0 Å². The molecule has 0 aromatic heterocycles. The summed E-state index contributed by atoms with van der Waals surface area (Å²) in [6.45, 7) is 11.1. The molecule has 0 fully saturated rings. The Labute approximate surface area is 198 Å². The fraction of sp³-hybridized carbons (Fsp3) is 0.480. The summed E-state index contributed by atoms with van der Waals surface area (Å²) in [7, 11) is -1.98. The van der Waals surface area contributed by atoms with Gasteiger partial charge in [-0.1, -0.05) is 58.0 Å². The molecule has 0 atom stereocenters. The van der Waals surface area contributed by atoms with E-state index in [1.54, 1.807) is 36.3 Å². The van der Waals surface area contributed by atoms with Gasteiger partial charge in [0.2, 0.25) is 0 Å². The van der Waals surface area contributed by atoms with Crippen LogP contribution in [0.5, 0.6) is 5.75 Å². The number of anilines is 1. The Balaban J connectivity index is 2.25. The van der Waals surface area contributed by atoms with E-state index < -0.39 is 10.1 Å². The number of ether oxygens (including phenoxy) is 1. The van der Waals surface area contributed by atoms with Gasteiger partial charge in [0.05, 0.1) is 12.4 Å². The number of benzene rings is 2. The van der Waals surface area contributed by atoms with Crippen molar-refractivity contribution in [3.63, 3.8) is 0 Å². The number of carbonyl (C=O) groups excluding carboxylic acids is 1. The van der Waals surface area contributed by atoms with E-state index in [-0.39, 0.29) is 29.4 Å². The van der Waals surface area contributed by atoms with Gasteiger partial charge in [-0.3, -0.25) is 0 Å². The smallest absolute Gasteiger partial charge is 0.322 e. The van der Waals surface area contributed by atoms with Gasteiger partial charge >= 0.3 is 16.1 Å². The minimum atomic E-state index is -3.58. The number of rotatable bonds is 11. The number of hydrogen-bond acceptors (Lipinski definition) is 5. The summed E-state index contributed by atoms with van der Waals surface area (Å²) in [4.78, 5) is 15.0. The summed E-state index contributed by atoms with van der Waals surface area (Å²) < 4.78 is 33.6. The number of nitrogens with one attached hydrogen (secondary N) is 1. The summed E-state index contributed by atoms with van der Waals surface area (Å²) in [5, 5.41) is 3.15. The van der Waals surface area contributed by atoms with Crippen molar-refractivity contribution in [3.8, 4) is 5.75 Å². The van der Waals surface area contributed by atoms with Crippen LogP contribution in [-0.2, 0) is 21.4 Å². The molecule has 2 rings (SSSR count). The van der Waals surface area contributed by atoms with Gasteiger partial charge in [0.1, 0.15) is 5.75 Å². The van der Waals surface area contributed by atoms with Crippen LogP contribution in [0.3, 0.4) is 0 Å². The minimum Gasteiger partial charge on any atom is -0.383 e. The van der Waals surface area contributed by atoms with E-state index >= 15 is 0 Å². The molecule has 2 aromatic carbocycles. The zero-order valence-corrected chi connectivity index (χ0v) is 21.2. The first-order chi connectivity index (χ1) is 15.6. The Bertz CT molecular complexity index is 991. The summed E-state index contributed by atoms with van der Waals surface area (Å²) in [5.41, 5.74) is 3.91. The van der Waals surface area contributed by atoms with E-state index in [0.717, 1.165) is 22.4 Å². The Hall–Kier alpha value is -2.58. The highest BCUT2D eigenvalue weighted by Crippen LogP contribution is 2.32. The third kappa shape index (κ3) is 7.75. The van der Waals surface area contributed by atoms with Crippen LogP contribution in [0.4, 0.5) is 10.5 Å². The average Bonchev–Trinajstić information content (AvgIpc) is 2.77. The third-order valence-electron chi connectivity index (χ3n) is 5.33. The van der Waals surface area contributed by atoms with Crippen molar-refractivity contribution in [2.24, 2.45) is 0 Å². The van der Waals surface area contributed by atoms with Gasteiger partial charge in [-0.05, 0) is 47.6 Å². The average molecular weight is 477 g/mol. The third-order valence-corrected chi connectivity index (χ3v) is 6.48. The van der Waals surface area contributed by atoms with E-state index in [9.17, 15) is 13.2 Å². The summed E-state index contributed by atoms with van der Waals surface area (Å²) in [6, 6.07) is 12.6. The van der Waals surface area contributed by atoms with E-state index in [0.29, 0.717) is 19.7 Å². The van der Waals surface area contributed by atoms with Crippen molar-refractivity contribution in [2.45, 2.75) is 53.0 Å². The second-order valence-corrected chi connectivity index (χ2v) is 10.4. The molecule has 2 aromatic rings. The molecule has 0 spiro atoms. The molecule has 0 unspecified atom stereocenters. The lowest BCUT2D eigenvalue weighted by atomic mass is 9.93. The van der Waals surface area contributed by atoms with Crippen LogP contribution >= 0.6 is 0 Å². The monoisotopic (exact) mass is 476 g/mol. The first kappa shape index (κ1) is 26.7. The van der Waals surface area contributed by atoms with Crippen LogP contribution in [-0.4, -0.2) is 45.4 Å². The number of hydrogen-bond donors (Lipinski definition) is 1. The Morgan fingerprint density at radius 3 is 2.06 bits per heavy atom. The molecule has 0 aliphatic rings. The summed E-state index contributed by atoms with van der Waals surface area (Å²) in [6.07, 6.45) is 0. The van der Waals surface area contributed by atoms with Crippen LogP contribution in [0.2, 0.25) is 0 Å². The van der Waals surface area contributed by atoms with Crippen LogP contribution < -0.4 is 9.50 Å². The fourth-order valence-electron chi connectivity index (χ4n) is 3.41. The Kier molecular flexibility index (Phi) is 9.73. The lowest BCUT2D eigenvalue weighted by Crippen LogP contribution is -2.37. The van der Waals surface area contributed by atoms with Gasteiger partial charge in [-0.25, -0.2) is 4.79 Å². The maximum absolute atomic E-state index is 13.3. The predicted octanol–water partition coefficient (Wildman–Crippen LogP) is 5.34. The van der Waals surface area contributed by atoms with Crippen LogP contribution in [0.15, 0.2) is 42.5 Å². The molecule has 182 valence electrons. The van der Waals surface area contributed by atoms with Crippen LogP contribution in [0, 0.1) is 0 Å². The number of nitrogens with zero attached hydrogens (tertiary/aromatic N) is 1. The van der Waals surface area contributed by atoms with Gasteiger partial charge in [0, 0.05) is 25.9 Å². The van der Waals surface area contributed by atoms with Crippen molar-refractivity contribution in [1.29, 1.82) is 0 Å². The maximum atomic E-state index is 13.3. The number of amides is 2. The second kappa shape index (κ2) is 12.0. The van der Waals surface area contributed by atoms with Gasteiger partial charge in [0.15, 0.2) is 0 Å². The normalized spacial score (nSPS) is 11.6. The largest absolute Gasteiger partial charge is 0.383 e. The Morgan fingerprint density at radius 2 is 1.58 bits per heavy atom. The molecule has 0 aliphatic heterocycles. The SMILES string of the molecule is CCS(=O)(=O)Oc1ccc(CN(CCOC)C(=O)Nc2c(C(C)C)cccc2C(C)C)cc1. The van der Waals surface area contributed by atoms with E-state index in [2.05, 4.69) is 45.1 Å². The fourth-order valence-corrected chi connectivity index (χ4v) is 3.93. The van der Waals surface area contributed by atoms with Crippen molar-refractivity contribution in [3.05, 3.63) is 59.2 Å². The highest BCUT2D eigenvalue weighted by molar-refractivity contribution is 7.87. The van der Waals surface area contributed by atoms with Crippen molar-refractivity contribution >= 4 is 21.8 Å². The number of carbonyl (C=O) groups is 1. The summed E-state index contributed by atoms with van der Waals surface area (Å²) >= 11 is 0. The highest BCUT2D eigenvalue weighted by atomic mass is 32.2. The van der Waals surface area contributed by atoms with Crippen LogP contribution in [0.1, 0.15) is 63.1 Å². The molecule has 0 radical (unpaired) electrons. The maximum Gasteiger partial charge on any atom is 0.322 e. The van der Waals surface area contributed by atoms with Gasteiger partial charge < -0.3 is 19.1 Å². The molecule has 33 heavy (non-hydrogen) atoms. The molecule has 0 saturated heterocycles. The molecule has 1 N–H and O–H groups in total. The Morgan fingerprint density at radius 1 is 1.00 bits per heavy atom. The topological polar surface area (TPSA) is 84.9 Å². The van der Waals surface area contributed by atoms with E-state index in [1.165, 1.54) is 6.92 Å². The zero-order chi connectivity index (χ0) is 24.6. The minimum absolute atomic E-state index is 0.101. The molecule has 0 bridgehead atoms. The zero-order valence-electron chi connectivity index (χ0n) is 20.4. The van der Waals surface area contributed by atoms with Gasteiger partial charge in [-0.2, -0.15) is 8.42 Å². The lowest BCUT2D eigenvalue weighted by Gasteiger charge is -2.26. The van der Waals surface area contributed by atoms with Crippen molar-refractivity contribution in [1.82, 2.24) is 4.90 Å². The molecule has 7 nitrogen and oxygen atoms in total. The highest BCUT2D eigenvalue weighted by Gasteiger charge is 2.20. The first-order valence-electron chi connectivity index (χ1n) is 11.3. The molecule has 0 heterocycles. The second-order valence-electron chi connectivity index (χ2n) is 8.54. The number of urea groups is 1. The quantitative estimate of drug-likeness (QED) is 0.442. The number of para-hydroxylation sites is 1. The van der Waals surface area contributed by atoms with E-state index in [1.807, 2.05) is 6.07 Å². The molecule has 0 saturated carbocycles. The van der Waals surface area contributed by atoms with Crippen molar-refractivity contribution < 1.29 is 22.1 Å².